The lowest BCUT2D eigenvalue weighted by molar-refractivity contribution is -0.148. The van der Waals surface area contributed by atoms with Crippen LogP contribution in [0.2, 0.25) is 0 Å². The smallest absolute Gasteiger partial charge is 0.227 e. The van der Waals surface area contributed by atoms with Crippen molar-refractivity contribution in [3.05, 3.63) is 0 Å². The molecule has 0 bridgehead atoms. The molecule has 0 rings (SSSR count). The van der Waals surface area contributed by atoms with E-state index < -0.39 is 39.7 Å². The topological polar surface area (TPSA) is 152 Å². The van der Waals surface area contributed by atoms with Crippen molar-refractivity contribution in [3.8, 4) is 0 Å². The molecule has 16 heavy (non-hydrogen) atoms. The van der Waals surface area contributed by atoms with E-state index in [-0.39, 0.29) is 6.29 Å². The van der Waals surface area contributed by atoms with Crippen molar-refractivity contribution in [2.75, 3.05) is 12.9 Å². The Morgan fingerprint density at radius 2 is 1.75 bits per heavy atom. The number of hydrogen-bond donors (Lipinski definition) is 5. The summed E-state index contributed by atoms with van der Waals surface area (Å²) in [5.74, 6) is 0. The number of carbonyl (C=O) groups is 1. The zero-order chi connectivity index (χ0) is 13.1. The number of hydrogen-bond acceptors (Lipinski definition) is 8. The van der Waals surface area contributed by atoms with Crippen LogP contribution in [0, 0.1) is 0 Å². The van der Waals surface area contributed by atoms with Gasteiger partial charge in [-0.3, -0.25) is 0 Å². The van der Waals surface area contributed by atoms with Gasteiger partial charge in [-0.2, -0.15) is 0 Å². The number of sulfone groups is 1. The van der Waals surface area contributed by atoms with Crippen molar-refractivity contribution < 1.29 is 38.7 Å². The molecule has 0 aliphatic carbocycles. The molecular weight excluding hydrogens is 244 g/mol. The highest BCUT2D eigenvalue weighted by Crippen LogP contribution is 2.24. The van der Waals surface area contributed by atoms with Crippen LogP contribution in [0.1, 0.15) is 0 Å². The minimum Gasteiger partial charge on any atom is -0.394 e. The van der Waals surface area contributed by atoms with E-state index in [2.05, 4.69) is 0 Å². The van der Waals surface area contributed by atoms with E-state index in [1.807, 2.05) is 0 Å². The van der Waals surface area contributed by atoms with Crippen LogP contribution in [0.3, 0.4) is 0 Å². The summed E-state index contributed by atoms with van der Waals surface area (Å²) in [7, 11) is -4.48. The van der Waals surface area contributed by atoms with Crippen LogP contribution in [0.5, 0.6) is 0 Å². The third-order valence-electron chi connectivity index (χ3n) is 2.12. The minimum atomic E-state index is -4.48. The third-order valence-corrected chi connectivity index (χ3v) is 3.79. The molecule has 0 aliphatic rings. The maximum absolute atomic E-state index is 11.2. The summed E-state index contributed by atoms with van der Waals surface area (Å²) in [6.45, 7) is -1.05. The number of aldehydes is 1. The summed E-state index contributed by atoms with van der Waals surface area (Å²) < 4.78 is 22.4. The van der Waals surface area contributed by atoms with Crippen LogP contribution in [0.15, 0.2) is 0 Å². The zero-order valence-electron chi connectivity index (χ0n) is 8.39. The second-order valence-corrected chi connectivity index (χ2v) is 5.50. The lowest BCUT2D eigenvalue weighted by Gasteiger charge is -2.34. The second-order valence-electron chi connectivity index (χ2n) is 3.30. The van der Waals surface area contributed by atoms with E-state index in [1.165, 1.54) is 0 Å². The molecule has 8 nitrogen and oxygen atoms in total. The van der Waals surface area contributed by atoms with Gasteiger partial charge < -0.3 is 30.3 Å². The molecule has 0 radical (unpaired) electrons. The summed E-state index contributed by atoms with van der Waals surface area (Å²) >= 11 is 0. The van der Waals surface area contributed by atoms with Crippen LogP contribution in [0.25, 0.3) is 0 Å². The van der Waals surface area contributed by atoms with Gasteiger partial charge >= 0.3 is 0 Å². The highest BCUT2D eigenvalue weighted by atomic mass is 32.2. The molecular formula is C7H14O8S. The average Bonchev–Trinajstić information content (AvgIpc) is 2.22. The Morgan fingerprint density at radius 1 is 1.31 bits per heavy atom. The van der Waals surface area contributed by atoms with Crippen LogP contribution < -0.4 is 0 Å². The summed E-state index contributed by atoms with van der Waals surface area (Å²) in [4.78, 5) is 7.02. The van der Waals surface area contributed by atoms with E-state index in [1.54, 1.807) is 0 Å². The summed E-state index contributed by atoms with van der Waals surface area (Å²) in [5.41, 5.74) is 0. The molecule has 0 saturated heterocycles. The molecule has 4 atom stereocenters. The predicted molar refractivity (Wildman–Crippen MR) is 51.0 cm³/mol. The zero-order valence-corrected chi connectivity index (χ0v) is 9.20. The van der Waals surface area contributed by atoms with E-state index in [0.717, 1.165) is 0 Å². The number of aliphatic hydroxyl groups is 5. The highest BCUT2D eigenvalue weighted by molar-refractivity contribution is 7.92. The number of carbonyl (C=O) groups excluding carboxylic acids is 1. The largest absolute Gasteiger partial charge is 0.394 e. The van der Waals surface area contributed by atoms with E-state index in [4.69, 9.17) is 15.3 Å². The first kappa shape index (κ1) is 15.4. The van der Waals surface area contributed by atoms with E-state index in [9.17, 15) is 23.4 Å². The molecule has 0 aliphatic heterocycles. The lowest BCUT2D eigenvalue weighted by Crippen LogP contribution is -2.62. The van der Waals surface area contributed by atoms with Gasteiger partial charge in [0.25, 0.3) is 0 Å². The first-order valence-electron chi connectivity index (χ1n) is 4.15. The average molecular weight is 258 g/mol. The second kappa shape index (κ2) is 5.17. The molecule has 0 heterocycles. The Morgan fingerprint density at radius 3 is 2.00 bits per heavy atom. The van der Waals surface area contributed by atoms with Crippen LogP contribution >= 0.6 is 0 Å². The molecule has 0 saturated carbocycles. The molecule has 5 N–H and O–H groups in total. The summed E-state index contributed by atoms with van der Waals surface area (Å²) in [6, 6.07) is 0. The van der Waals surface area contributed by atoms with Crippen molar-refractivity contribution >= 4 is 16.1 Å². The third kappa shape index (κ3) is 2.56. The lowest BCUT2D eigenvalue weighted by atomic mass is 10.0. The van der Waals surface area contributed by atoms with Crippen molar-refractivity contribution in [1.29, 1.82) is 0 Å². The summed E-state index contributed by atoms with van der Waals surface area (Å²) in [5, 5.41) is 45.5. The van der Waals surface area contributed by atoms with Crippen molar-refractivity contribution in [2.24, 2.45) is 0 Å². The van der Waals surface area contributed by atoms with Gasteiger partial charge in [0.05, 0.1) is 6.61 Å². The van der Waals surface area contributed by atoms with Gasteiger partial charge in [0.1, 0.15) is 12.2 Å². The monoisotopic (exact) mass is 258 g/mol. The molecule has 0 aromatic heterocycles. The Bertz CT molecular complexity index is 338. The predicted octanol–water partition coefficient (Wildman–Crippen LogP) is -4.01. The van der Waals surface area contributed by atoms with Crippen molar-refractivity contribution in [2.45, 2.75) is 23.2 Å². The fourth-order valence-corrected chi connectivity index (χ4v) is 2.18. The maximum atomic E-state index is 11.2. The molecule has 0 unspecified atom stereocenters. The highest BCUT2D eigenvalue weighted by Gasteiger charge is 2.54. The van der Waals surface area contributed by atoms with E-state index >= 15 is 0 Å². The molecule has 0 fully saturated rings. The van der Waals surface area contributed by atoms with Gasteiger partial charge in [0, 0.05) is 6.26 Å². The van der Waals surface area contributed by atoms with E-state index in [0.29, 0.717) is 6.26 Å². The Labute approximate surface area is 91.7 Å². The summed E-state index contributed by atoms with van der Waals surface area (Å²) in [6.07, 6.45) is -6.72. The van der Waals surface area contributed by atoms with Crippen LogP contribution in [-0.4, -0.2) is 76.3 Å². The molecule has 0 aromatic rings. The Balaban J connectivity index is 5.51. The van der Waals surface area contributed by atoms with Crippen molar-refractivity contribution in [3.63, 3.8) is 0 Å². The fraction of sp³-hybridized carbons (Fsp3) is 0.857. The fourth-order valence-electron chi connectivity index (χ4n) is 1.09. The number of rotatable bonds is 6. The Hall–Kier alpha value is -0.580. The van der Waals surface area contributed by atoms with Crippen LogP contribution in [0.4, 0.5) is 0 Å². The minimum absolute atomic E-state index is 0.297. The first-order chi connectivity index (χ1) is 7.12. The quantitative estimate of drug-likeness (QED) is 0.302. The van der Waals surface area contributed by atoms with Gasteiger partial charge in [0.15, 0.2) is 22.2 Å². The van der Waals surface area contributed by atoms with Gasteiger partial charge in [0.2, 0.25) is 4.93 Å². The Kier molecular flexibility index (Phi) is 4.98. The van der Waals surface area contributed by atoms with Crippen molar-refractivity contribution in [1.82, 2.24) is 0 Å². The first-order valence-corrected chi connectivity index (χ1v) is 6.04. The maximum Gasteiger partial charge on any atom is 0.227 e. The van der Waals surface area contributed by atoms with Gasteiger partial charge in [-0.1, -0.05) is 0 Å². The molecule has 0 aromatic carbocycles. The number of aliphatic hydroxyl groups excluding tert-OH is 4. The standard InChI is InChI=1S/C7H14O8S/c1-16(14,15)7(13,5(11)3-9)6(12)4(10)2-8/h3-6,8,10-13H,2H2,1H3/t4-,5+,6-,7+/m1/s1. The van der Waals surface area contributed by atoms with Gasteiger partial charge in [-0.05, 0) is 0 Å². The van der Waals surface area contributed by atoms with Gasteiger partial charge in [-0.15, -0.1) is 0 Å². The molecule has 0 amide bonds. The molecule has 0 spiro atoms. The molecule has 96 valence electrons. The van der Waals surface area contributed by atoms with Gasteiger partial charge in [-0.25, -0.2) is 8.42 Å². The van der Waals surface area contributed by atoms with Crippen LogP contribution in [-0.2, 0) is 14.6 Å². The normalized spacial score (nSPS) is 21.9. The molecule has 9 heteroatoms. The SMILES string of the molecule is CS(=O)(=O)[C@](O)([C@H](O)[C@H](O)CO)[C@@H](O)C=O.